The highest BCUT2D eigenvalue weighted by Crippen LogP contribution is 2.52. The molecule has 1 unspecified atom stereocenters. The summed E-state index contributed by atoms with van der Waals surface area (Å²) >= 11 is 0. The van der Waals surface area contributed by atoms with E-state index in [-0.39, 0.29) is 0 Å². The van der Waals surface area contributed by atoms with Crippen molar-refractivity contribution in [3.05, 3.63) is 33.1 Å². The second-order valence-electron chi connectivity index (χ2n) is 5.03. The lowest BCUT2D eigenvalue weighted by atomic mass is 9.94. The van der Waals surface area contributed by atoms with Gasteiger partial charge in [-0.3, -0.25) is 14.3 Å². The minimum atomic E-state index is -2.72. The van der Waals surface area contributed by atoms with Crippen LogP contribution in [0.3, 0.4) is 0 Å². The van der Waals surface area contributed by atoms with Gasteiger partial charge in [-0.15, -0.1) is 6.42 Å². The van der Waals surface area contributed by atoms with Crippen LogP contribution >= 0.6 is 0 Å². The predicted octanol–water partition coefficient (Wildman–Crippen LogP) is -1.56. The normalized spacial score (nSPS) is 39.1. The number of hydrogen-bond acceptors (Lipinski definition) is 7. The number of nitrogens with zero attached hydrogens (tertiary/aromatic N) is 1. The Bertz CT molecular complexity index is 771. The number of aromatic amines is 1. The van der Waals surface area contributed by atoms with Gasteiger partial charge >= 0.3 is 5.69 Å². The minimum absolute atomic E-state index is 0.650. The molecule has 0 aliphatic carbocycles. The van der Waals surface area contributed by atoms with E-state index in [0.717, 1.165) is 16.8 Å². The molecular formula is C13H13FN2O7. The SMILES string of the molecule is C#C[C@@]12OC(OC)O[C@@H]1[C@@](F)(CO)O[C@H]2n1ccc(=O)[nH]c1=O. The van der Waals surface area contributed by atoms with Gasteiger partial charge < -0.3 is 24.1 Å². The molecule has 0 spiro atoms. The van der Waals surface area contributed by atoms with Crippen molar-refractivity contribution in [3.63, 3.8) is 0 Å². The number of ether oxygens (including phenoxy) is 4. The number of aliphatic hydroxyl groups excluding tert-OH is 1. The Hall–Kier alpha value is -2.03. The maximum Gasteiger partial charge on any atom is 0.330 e. The summed E-state index contributed by atoms with van der Waals surface area (Å²) in [6.07, 6.45) is 3.53. The van der Waals surface area contributed by atoms with Crippen molar-refractivity contribution in [2.75, 3.05) is 13.7 Å². The lowest BCUT2D eigenvalue weighted by Gasteiger charge is -2.26. The third-order valence-electron chi connectivity index (χ3n) is 3.73. The fraction of sp³-hybridized carbons (Fsp3) is 0.538. The summed E-state index contributed by atoms with van der Waals surface area (Å²) in [4.78, 5) is 25.1. The number of methoxy groups -OCH3 is 1. The highest BCUT2D eigenvalue weighted by atomic mass is 19.2. The summed E-state index contributed by atoms with van der Waals surface area (Å²) in [5.74, 6) is -0.494. The van der Waals surface area contributed by atoms with E-state index >= 15 is 0 Å². The standard InChI is InChI=1S/C13H13FN2O7/c1-3-12-8(21-11(20-2)23-12)13(14,6-17)22-9(12)16-5-4-7(18)15-10(16)19/h1,4-5,8-9,11,17H,6H2,2H3,(H,15,18,19)/t8-,9+,11?,12+,13+/m0/s1. The van der Waals surface area contributed by atoms with Crippen LogP contribution in [0, 0.1) is 12.3 Å². The van der Waals surface area contributed by atoms with Gasteiger partial charge in [-0.1, -0.05) is 5.92 Å². The average Bonchev–Trinajstić information content (AvgIpc) is 3.03. The Labute approximate surface area is 128 Å². The smallest absolute Gasteiger partial charge is 0.330 e. The van der Waals surface area contributed by atoms with Gasteiger partial charge in [0.15, 0.2) is 12.3 Å². The zero-order valence-electron chi connectivity index (χ0n) is 11.9. The first-order valence-corrected chi connectivity index (χ1v) is 6.53. The fourth-order valence-electron chi connectivity index (χ4n) is 2.69. The van der Waals surface area contributed by atoms with Gasteiger partial charge in [0.25, 0.3) is 17.9 Å². The van der Waals surface area contributed by atoms with Gasteiger partial charge in [-0.05, 0) is 0 Å². The molecule has 3 rings (SSSR count). The Morgan fingerprint density at radius 3 is 2.87 bits per heavy atom. The highest BCUT2D eigenvalue weighted by Gasteiger charge is 2.72. The van der Waals surface area contributed by atoms with Crippen molar-refractivity contribution in [2.24, 2.45) is 0 Å². The maximum absolute atomic E-state index is 14.9. The Balaban J connectivity index is 2.15. The van der Waals surface area contributed by atoms with Gasteiger partial charge in [0.1, 0.15) is 6.61 Å². The van der Waals surface area contributed by atoms with E-state index in [9.17, 15) is 19.1 Å². The molecule has 1 aromatic heterocycles. The molecule has 0 bridgehead atoms. The Morgan fingerprint density at radius 2 is 2.30 bits per heavy atom. The topological polar surface area (TPSA) is 112 Å². The predicted molar refractivity (Wildman–Crippen MR) is 70.7 cm³/mol. The van der Waals surface area contributed by atoms with Crippen molar-refractivity contribution >= 4 is 0 Å². The first-order chi connectivity index (χ1) is 10.9. The molecule has 5 atom stereocenters. The third-order valence-corrected chi connectivity index (χ3v) is 3.73. The number of H-pyrrole nitrogens is 1. The highest BCUT2D eigenvalue weighted by molar-refractivity contribution is 5.24. The summed E-state index contributed by atoms with van der Waals surface area (Å²) in [6, 6.07) is 1.03. The molecule has 124 valence electrons. The summed E-state index contributed by atoms with van der Waals surface area (Å²) in [6.45, 7) is -2.39. The minimum Gasteiger partial charge on any atom is -0.390 e. The largest absolute Gasteiger partial charge is 0.390 e. The van der Waals surface area contributed by atoms with Gasteiger partial charge in [0, 0.05) is 19.4 Å². The molecule has 0 radical (unpaired) electrons. The molecule has 0 aromatic carbocycles. The summed E-state index contributed by atoms with van der Waals surface area (Å²) < 4.78 is 36.3. The Morgan fingerprint density at radius 1 is 1.57 bits per heavy atom. The van der Waals surface area contributed by atoms with Crippen LogP contribution in [0.4, 0.5) is 4.39 Å². The lowest BCUT2D eigenvalue weighted by molar-refractivity contribution is -0.298. The van der Waals surface area contributed by atoms with Crippen LogP contribution in [-0.2, 0) is 18.9 Å². The van der Waals surface area contributed by atoms with Crippen LogP contribution in [0.2, 0.25) is 0 Å². The monoisotopic (exact) mass is 328 g/mol. The van der Waals surface area contributed by atoms with E-state index in [1.165, 1.54) is 7.11 Å². The molecule has 2 fully saturated rings. The molecular weight excluding hydrogens is 315 g/mol. The van der Waals surface area contributed by atoms with Crippen molar-refractivity contribution in [1.29, 1.82) is 0 Å². The van der Waals surface area contributed by atoms with Crippen LogP contribution in [-0.4, -0.2) is 52.4 Å². The molecule has 1 aromatic rings. The first kappa shape index (κ1) is 15.9. The molecule has 2 N–H and O–H groups in total. The van der Waals surface area contributed by atoms with E-state index in [1.54, 1.807) is 0 Å². The van der Waals surface area contributed by atoms with Crippen LogP contribution in [0.1, 0.15) is 6.23 Å². The number of aliphatic hydroxyl groups is 1. The van der Waals surface area contributed by atoms with Crippen molar-refractivity contribution < 1.29 is 28.4 Å². The van der Waals surface area contributed by atoms with E-state index < -0.39 is 48.1 Å². The molecule has 0 saturated carbocycles. The molecule has 10 heteroatoms. The van der Waals surface area contributed by atoms with Gasteiger partial charge in [-0.2, -0.15) is 0 Å². The van der Waals surface area contributed by atoms with Crippen molar-refractivity contribution in [3.8, 4) is 12.3 Å². The van der Waals surface area contributed by atoms with Crippen molar-refractivity contribution in [2.45, 2.75) is 30.3 Å². The fourth-order valence-corrected chi connectivity index (χ4v) is 2.69. The maximum atomic E-state index is 14.9. The van der Waals surface area contributed by atoms with E-state index in [0.29, 0.717) is 0 Å². The quantitative estimate of drug-likeness (QED) is 0.645. The average molecular weight is 328 g/mol. The third kappa shape index (κ3) is 2.13. The summed E-state index contributed by atoms with van der Waals surface area (Å²) in [7, 11) is 1.25. The molecule has 3 heterocycles. The number of nitrogens with one attached hydrogen (secondary N) is 1. The zero-order chi connectivity index (χ0) is 16.8. The summed E-state index contributed by atoms with van der Waals surface area (Å²) in [5, 5.41) is 9.33. The van der Waals surface area contributed by atoms with Crippen LogP contribution in [0.25, 0.3) is 0 Å². The van der Waals surface area contributed by atoms with Crippen LogP contribution in [0.15, 0.2) is 21.9 Å². The lowest BCUT2D eigenvalue weighted by Crippen LogP contribution is -2.48. The number of halogens is 1. The molecule has 0 amide bonds. The van der Waals surface area contributed by atoms with Crippen LogP contribution < -0.4 is 11.2 Å². The van der Waals surface area contributed by atoms with Gasteiger partial charge in [0.2, 0.25) is 5.60 Å². The molecule has 2 aliphatic rings. The molecule has 2 aliphatic heterocycles. The number of alkyl halides is 1. The molecule has 23 heavy (non-hydrogen) atoms. The summed E-state index contributed by atoms with van der Waals surface area (Å²) in [5.41, 5.74) is -3.41. The second kappa shape index (κ2) is 5.26. The van der Waals surface area contributed by atoms with E-state index in [2.05, 4.69) is 5.92 Å². The van der Waals surface area contributed by atoms with Crippen LogP contribution in [0.5, 0.6) is 0 Å². The number of aromatic nitrogens is 2. The zero-order valence-corrected chi connectivity index (χ0v) is 11.9. The number of rotatable bonds is 3. The number of terminal acetylenes is 1. The number of hydrogen-bond donors (Lipinski definition) is 2. The first-order valence-electron chi connectivity index (χ1n) is 6.53. The number of fused-ring (bicyclic) bond motifs is 1. The second-order valence-corrected chi connectivity index (χ2v) is 5.03. The molecule has 2 saturated heterocycles. The van der Waals surface area contributed by atoms with E-state index in [1.807, 2.05) is 4.98 Å². The van der Waals surface area contributed by atoms with Gasteiger partial charge in [0.05, 0.1) is 0 Å². The molecule has 9 nitrogen and oxygen atoms in total. The van der Waals surface area contributed by atoms with Crippen molar-refractivity contribution in [1.82, 2.24) is 9.55 Å². The van der Waals surface area contributed by atoms with E-state index in [4.69, 9.17) is 25.4 Å². The van der Waals surface area contributed by atoms with Gasteiger partial charge in [-0.25, -0.2) is 9.18 Å². The Kier molecular flexibility index (Phi) is 3.62.